The van der Waals surface area contributed by atoms with E-state index in [1.807, 2.05) is 0 Å². The van der Waals surface area contributed by atoms with E-state index in [1.54, 1.807) is 6.07 Å². The zero-order valence-electron chi connectivity index (χ0n) is 14.7. The number of hydrogen-bond acceptors (Lipinski definition) is 5. The maximum Gasteiger partial charge on any atom is 0.434 e. The maximum absolute atomic E-state index is 12.8. The standard InChI is InChI=1S/C16H17F3N6O2/c1-23-13(10(5-20)14(26)24(2)15(23)27)21-6-9-3-4-12-22-11(16(17,18)19)8-25(12)7-9/h8-9,21H,3-4,6-7H2,1-2H3/t9-/m0/s1. The fourth-order valence-electron chi connectivity index (χ4n) is 3.21. The zero-order valence-corrected chi connectivity index (χ0v) is 14.7. The van der Waals surface area contributed by atoms with Gasteiger partial charge in [-0.05, 0) is 12.3 Å². The average Bonchev–Trinajstić information content (AvgIpc) is 3.05. The first kappa shape index (κ1) is 18.8. The summed E-state index contributed by atoms with van der Waals surface area (Å²) in [5.74, 6) is 0.453. The van der Waals surface area contributed by atoms with Crippen molar-refractivity contribution in [1.82, 2.24) is 18.7 Å². The van der Waals surface area contributed by atoms with Crippen LogP contribution in [0, 0.1) is 17.2 Å². The van der Waals surface area contributed by atoms with Crippen LogP contribution in [0.3, 0.4) is 0 Å². The van der Waals surface area contributed by atoms with E-state index in [4.69, 9.17) is 0 Å². The molecular weight excluding hydrogens is 365 g/mol. The number of halogens is 3. The second kappa shape index (κ2) is 6.61. The molecule has 0 saturated carbocycles. The summed E-state index contributed by atoms with van der Waals surface area (Å²) >= 11 is 0. The predicted molar refractivity (Wildman–Crippen MR) is 89.2 cm³/mol. The molecule has 3 heterocycles. The number of anilines is 1. The molecule has 0 spiro atoms. The lowest BCUT2D eigenvalue weighted by molar-refractivity contribution is -0.141. The van der Waals surface area contributed by atoms with Crippen molar-refractivity contribution >= 4 is 5.82 Å². The Kier molecular flexibility index (Phi) is 4.59. The summed E-state index contributed by atoms with van der Waals surface area (Å²) in [6, 6.07) is 1.80. The van der Waals surface area contributed by atoms with Crippen LogP contribution in [0.2, 0.25) is 0 Å². The average molecular weight is 382 g/mol. The Balaban J connectivity index is 1.80. The van der Waals surface area contributed by atoms with Crippen LogP contribution in [0.15, 0.2) is 15.8 Å². The van der Waals surface area contributed by atoms with Gasteiger partial charge in [0.25, 0.3) is 5.56 Å². The summed E-state index contributed by atoms with van der Waals surface area (Å²) in [7, 11) is 2.73. The first-order valence-electron chi connectivity index (χ1n) is 8.20. The molecule has 1 aliphatic heterocycles. The Morgan fingerprint density at radius 2 is 2.04 bits per heavy atom. The number of nitriles is 1. The quantitative estimate of drug-likeness (QED) is 0.849. The number of nitrogens with one attached hydrogen (secondary N) is 1. The summed E-state index contributed by atoms with van der Waals surface area (Å²) in [5.41, 5.74) is -2.36. The molecule has 11 heteroatoms. The highest BCUT2D eigenvalue weighted by Crippen LogP contribution is 2.30. The lowest BCUT2D eigenvalue weighted by Crippen LogP contribution is -2.40. The van der Waals surface area contributed by atoms with Gasteiger partial charge in [0.05, 0.1) is 0 Å². The number of imidazole rings is 1. The van der Waals surface area contributed by atoms with Crippen LogP contribution in [0.25, 0.3) is 0 Å². The van der Waals surface area contributed by atoms with E-state index >= 15 is 0 Å². The van der Waals surface area contributed by atoms with Crippen LogP contribution in [-0.2, 0) is 33.2 Å². The third-order valence-corrected chi connectivity index (χ3v) is 4.72. The number of nitrogens with zero attached hydrogens (tertiary/aromatic N) is 5. The first-order chi connectivity index (χ1) is 12.6. The summed E-state index contributed by atoms with van der Waals surface area (Å²) in [4.78, 5) is 27.8. The van der Waals surface area contributed by atoms with Crippen molar-refractivity contribution in [3.05, 3.63) is 44.1 Å². The summed E-state index contributed by atoms with van der Waals surface area (Å²) < 4.78 is 41.9. The van der Waals surface area contributed by atoms with Crippen molar-refractivity contribution < 1.29 is 13.2 Å². The zero-order chi connectivity index (χ0) is 19.9. The van der Waals surface area contributed by atoms with Crippen LogP contribution in [0.4, 0.5) is 19.0 Å². The van der Waals surface area contributed by atoms with Gasteiger partial charge in [0.1, 0.15) is 17.7 Å². The largest absolute Gasteiger partial charge is 0.434 e. The van der Waals surface area contributed by atoms with Crippen molar-refractivity contribution in [2.75, 3.05) is 11.9 Å². The maximum atomic E-state index is 12.8. The Labute approximate surface area is 151 Å². The third kappa shape index (κ3) is 3.34. The van der Waals surface area contributed by atoms with Crippen LogP contribution in [0.1, 0.15) is 23.5 Å². The molecule has 0 aliphatic carbocycles. The van der Waals surface area contributed by atoms with Gasteiger partial charge >= 0.3 is 11.9 Å². The number of fused-ring (bicyclic) bond motifs is 1. The molecule has 0 fully saturated rings. The molecular formula is C16H17F3N6O2. The van der Waals surface area contributed by atoms with Gasteiger partial charge in [-0.1, -0.05) is 0 Å². The van der Waals surface area contributed by atoms with Gasteiger partial charge in [-0.3, -0.25) is 13.9 Å². The van der Waals surface area contributed by atoms with Crippen molar-refractivity contribution in [3.63, 3.8) is 0 Å². The van der Waals surface area contributed by atoms with Gasteiger partial charge in [0.15, 0.2) is 11.3 Å². The molecule has 144 valence electrons. The number of rotatable bonds is 3. The lowest BCUT2D eigenvalue weighted by Gasteiger charge is -2.25. The summed E-state index contributed by atoms with van der Waals surface area (Å²) in [6.07, 6.45) is -2.50. The lowest BCUT2D eigenvalue weighted by atomic mass is 9.99. The minimum Gasteiger partial charge on any atom is -0.370 e. The van der Waals surface area contributed by atoms with E-state index in [9.17, 15) is 28.0 Å². The number of aryl methyl sites for hydroxylation is 1. The number of aromatic nitrogens is 4. The summed E-state index contributed by atoms with van der Waals surface area (Å²) in [6.45, 7) is 0.625. The van der Waals surface area contributed by atoms with E-state index in [-0.39, 0.29) is 17.3 Å². The van der Waals surface area contributed by atoms with E-state index in [0.29, 0.717) is 31.8 Å². The van der Waals surface area contributed by atoms with Crippen LogP contribution >= 0.6 is 0 Å². The molecule has 0 aromatic carbocycles. The van der Waals surface area contributed by atoms with Gasteiger partial charge in [-0.15, -0.1) is 0 Å². The highest BCUT2D eigenvalue weighted by atomic mass is 19.4. The Morgan fingerprint density at radius 1 is 1.33 bits per heavy atom. The number of alkyl halides is 3. The van der Waals surface area contributed by atoms with Gasteiger partial charge in [0.2, 0.25) is 0 Å². The van der Waals surface area contributed by atoms with Crippen molar-refractivity contribution in [1.29, 1.82) is 5.26 Å². The van der Waals surface area contributed by atoms with Crippen LogP contribution in [-0.4, -0.2) is 25.2 Å². The molecule has 1 atom stereocenters. The van der Waals surface area contributed by atoms with Crippen LogP contribution < -0.4 is 16.6 Å². The normalized spacial score (nSPS) is 16.7. The monoisotopic (exact) mass is 382 g/mol. The van der Waals surface area contributed by atoms with Gasteiger partial charge in [-0.25, -0.2) is 9.78 Å². The molecule has 0 radical (unpaired) electrons. The van der Waals surface area contributed by atoms with E-state index in [0.717, 1.165) is 10.8 Å². The molecule has 1 aliphatic rings. The minimum atomic E-state index is -4.48. The molecule has 8 nitrogen and oxygen atoms in total. The summed E-state index contributed by atoms with van der Waals surface area (Å²) in [5, 5.41) is 12.2. The van der Waals surface area contributed by atoms with Crippen molar-refractivity contribution in [3.8, 4) is 6.07 Å². The fraction of sp³-hybridized carbons (Fsp3) is 0.500. The van der Waals surface area contributed by atoms with E-state index in [2.05, 4.69) is 10.3 Å². The Morgan fingerprint density at radius 3 is 2.67 bits per heavy atom. The highest BCUT2D eigenvalue weighted by molar-refractivity contribution is 5.51. The first-order valence-corrected chi connectivity index (χ1v) is 8.20. The number of hydrogen-bond donors (Lipinski definition) is 1. The molecule has 1 N–H and O–H groups in total. The topological polar surface area (TPSA) is 97.6 Å². The molecule has 0 bridgehead atoms. The molecule has 0 amide bonds. The second-order valence-electron chi connectivity index (χ2n) is 6.52. The van der Waals surface area contributed by atoms with E-state index in [1.165, 1.54) is 23.2 Å². The fourth-order valence-corrected chi connectivity index (χ4v) is 3.21. The van der Waals surface area contributed by atoms with Gasteiger partial charge < -0.3 is 9.88 Å². The Bertz CT molecular complexity index is 1040. The Hall–Kier alpha value is -3.03. The van der Waals surface area contributed by atoms with Crippen molar-refractivity contribution in [2.45, 2.75) is 25.6 Å². The van der Waals surface area contributed by atoms with Crippen molar-refractivity contribution in [2.24, 2.45) is 20.0 Å². The molecule has 0 saturated heterocycles. The van der Waals surface area contributed by atoms with Gasteiger partial charge in [0, 0.05) is 39.8 Å². The molecule has 2 aromatic heterocycles. The predicted octanol–water partition coefficient (Wildman–Crippen LogP) is 0.845. The SMILES string of the molecule is Cn1c(NC[C@@H]2CCc3nc(C(F)(F)F)cn3C2)c(C#N)c(=O)n(C)c1=O. The smallest absolute Gasteiger partial charge is 0.370 e. The van der Waals surface area contributed by atoms with Gasteiger partial charge in [-0.2, -0.15) is 18.4 Å². The highest BCUT2D eigenvalue weighted by Gasteiger charge is 2.35. The van der Waals surface area contributed by atoms with E-state index < -0.39 is 23.1 Å². The molecule has 3 rings (SSSR count). The molecule has 2 aromatic rings. The molecule has 0 unspecified atom stereocenters. The minimum absolute atomic E-state index is 0.0431. The van der Waals surface area contributed by atoms with Crippen LogP contribution in [0.5, 0.6) is 0 Å². The molecule has 27 heavy (non-hydrogen) atoms. The second-order valence-corrected chi connectivity index (χ2v) is 6.52. The third-order valence-electron chi connectivity index (χ3n) is 4.72.